The molecule has 1 heterocycles. The molecule has 5 heteroatoms. The van der Waals surface area contributed by atoms with Gasteiger partial charge in [0.2, 0.25) is 11.7 Å². The highest BCUT2D eigenvalue weighted by molar-refractivity contribution is 4.97. The summed E-state index contributed by atoms with van der Waals surface area (Å²) >= 11 is 0. The molecule has 0 fully saturated rings. The van der Waals surface area contributed by atoms with E-state index < -0.39 is 0 Å². The first-order chi connectivity index (χ1) is 8.88. The molecule has 0 aliphatic rings. The van der Waals surface area contributed by atoms with Crippen molar-refractivity contribution in [1.29, 1.82) is 0 Å². The van der Waals surface area contributed by atoms with Crippen LogP contribution in [0.1, 0.15) is 58.9 Å². The van der Waals surface area contributed by atoms with Gasteiger partial charge in [-0.25, -0.2) is 0 Å². The molecule has 110 valence electrons. The summed E-state index contributed by atoms with van der Waals surface area (Å²) in [4.78, 5) is 4.45. The first-order valence-corrected chi connectivity index (χ1v) is 6.97. The molecule has 2 unspecified atom stereocenters. The van der Waals surface area contributed by atoms with Crippen LogP contribution in [0, 0.1) is 5.41 Å². The summed E-state index contributed by atoms with van der Waals surface area (Å²) in [6.07, 6.45) is 1.71. The molecule has 1 aromatic rings. The molecule has 1 N–H and O–H groups in total. The average Bonchev–Trinajstić information content (AvgIpc) is 2.73. The first kappa shape index (κ1) is 16.1. The second kappa shape index (κ2) is 7.01. The Hall–Kier alpha value is -0.940. The average molecular weight is 269 g/mol. The Morgan fingerprint density at radius 2 is 2.05 bits per heavy atom. The fourth-order valence-electron chi connectivity index (χ4n) is 2.03. The van der Waals surface area contributed by atoms with Crippen LogP contribution < -0.4 is 5.32 Å². The van der Waals surface area contributed by atoms with Crippen molar-refractivity contribution >= 4 is 0 Å². The SMILES string of the molecule is CCCNC(C)Cc1nc(C(OC)C(C)(C)C)no1. The molecule has 5 nitrogen and oxygen atoms in total. The predicted molar refractivity (Wildman–Crippen MR) is 75.0 cm³/mol. The van der Waals surface area contributed by atoms with Gasteiger partial charge in [-0.15, -0.1) is 0 Å². The van der Waals surface area contributed by atoms with Crippen molar-refractivity contribution in [2.45, 2.75) is 59.6 Å². The maximum absolute atomic E-state index is 5.48. The molecule has 0 aliphatic carbocycles. The third-order valence-electron chi connectivity index (χ3n) is 2.96. The molecule has 0 amide bonds. The number of ether oxygens (including phenoxy) is 1. The van der Waals surface area contributed by atoms with E-state index in [1.807, 2.05) is 0 Å². The third-order valence-corrected chi connectivity index (χ3v) is 2.96. The van der Waals surface area contributed by atoms with Gasteiger partial charge in [0.05, 0.1) is 0 Å². The maximum atomic E-state index is 5.48. The van der Waals surface area contributed by atoms with Gasteiger partial charge in [-0.3, -0.25) is 0 Å². The Morgan fingerprint density at radius 1 is 1.37 bits per heavy atom. The van der Waals surface area contributed by atoms with Crippen LogP contribution in [-0.2, 0) is 11.2 Å². The Labute approximate surface area is 116 Å². The summed E-state index contributed by atoms with van der Waals surface area (Å²) in [6, 6.07) is 0.337. The van der Waals surface area contributed by atoms with Gasteiger partial charge in [-0.2, -0.15) is 4.98 Å². The summed E-state index contributed by atoms with van der Waals surface area (Å²) in [5, 5.41) is 7.45. The van der Waals surface area contributed by atoms with Gasteiger partial charge in [0.15, 0.2) is 0 Å². The zero-order valence-corrected chi connectivity index (χ0v) is 13.0. The van der Waals surface area contributed by atoms with Crippen LogP contribution in [0.2, 0.25) is 0 Å². The number of nitrogens with one attached hydrogen (secondary N) is 1. The molecule has 0 aliphatic heterocycles. The van der Waals surface area contributed by atoms with E-state index >= 15 is 0 Å². The van der Waals surface area contributed by atoms with Crippen LogP contribution in [0.25, 0.3) is 0 Å². The number of hydrogen-bond acceptors (Lipinski definition) is 5. The van der Waals surface area contributed by atoms with Crippen molar-refractivity contribution in [3.8, 4) is 0 Å². The third kappa shape index (κ3) is 4.91. The molecule has 1 rings (SSSR count). The highest BCUT2D eigenvalue weighted by atomic mass is 16.5. The molecule has 0 aromatic carbocycles. The lowest BCUT2D eigenvalue weighted by Crippen LogP contribution is -2.28. The van der Waals surface area contributed by atoms with Crippen molar-refractivity contribution in [3.63, 3.8) is 0 Å². The quantitative estimate of drug-likeness (QED) is 0.824. The lowest BCUT2D eigenvalue weighted by Gasteiger charge is -2.26. The number of rotatable bonds is 7. The fraction of sp³-hybridized carbons (Fsp3) is 0.857. The van der Waals surface area contributed by atoms with E-state index in [1.165, 1.54) is 0 Å². The van der Waals surface area contributed by atoms with E-state index in [1.54, 1.807) is 7.11 Å². The number of aromatic nitrogens is 2. The predicted octanol–water partition coefficient (Wildman–Crippen LogP) is 2.73. The topological polar surface area (TPSA) is 60.2 Å². The molecule has 0 bridgehead atoms. The smallest absolute Gasteiger partial charge is 0.228 e. The van der Waals surface area contributed by atoms with E-state index in [0.717, 1.165) is 19.4 Å². The van der Waals surface area contributed by atoms with Gasteiger partial charge in [0, 0.05) is 19.6 Å². The molecule has 0 saturated carbocycles. The molecule has 0 saturated heterocycles. The summed E-state index contributed by atoms with van der Waals surface area (Å²) in [5.74, 6) is 1.30. The zero-order valence-electron chi connectivity index (χ0n) is 13.0. The molecular formula is C14H27N3O2. The number of nitrogens with zero attached hydrogens (tertiary/aromatic N) is 2. The minimum atomic E-state index is -0.149. The van der Waals surface area contributed by atoms with E-state index in [0.29, 0.717) is 17.8 Å². The second-order valence-corrected chi connectivity index (χ2v) is 6.09. The molecule has 19 heavy (non-hydrogen) atoms. The lowest BCUT2D eigenvalue weighted by molar-refractivity contribution is 0.00718. The minimum absolute atomic E-state index is 0.0536. The standard InChI is InChI=1S/C14H27N3O2/c1-7-8-15-10(2)9-11-16-13(17-19-11)12(18-6)14(3,4)5/h10,12,15H,7-9H2,1-6H3. The van der Waals surface area contributed by atoms with Gasteiger partial charge in [-0.1, -0.05) is 32.9 Å². The van der Waals surface area contributed by atoms with Crippen LogP contribution in [0.15, 0.2) is 4.52 Å². The largest absolute Gasteiger partial charge is 0.373 e. The Kier molecular flexibility index (Phi) is 5.94. The summed E-state index contributed by atoms with van der Waals surface area (Å²) < 4.78 is 10.8. The highest BCUT2D eigenvalue weighted by Crippen LogP contribution is 2.33. The Morgan fingerprint density at radius 3 is 2.58 bits per heavy atom. The maximum Gasteiger partial charge on any atom is 0.228 e. The summed E-state index contributed by atoms with van der Waals surface area (Å²) in [6.45, 7) is 11.6. The first-order valence-electron chi connectivity index (χ1n) is 6.97. The van der Waals surface area contributed by atoms with E-state index in [9.17, 15) is 0 Å². The molecule has 0 spiro atoms. The van der Waals surface area contributed by atoms with Crippen molar-refractivity contribution in [2.24, 2.45) is 5.41 Å². The Bertz CT molecular complexity index is 371. The molecule has 2 atom stereocenters. The van der Waals surface area contributed by atoms with Gasteiger partial charge in [0.25, 0.3) is 0 Å². The molecular weight excluding hydrogens is 242 g/mol. The van der Waals surface area contributed by atoms with Crippen LogP contribution in [0.3, 0.4) is 0 Å². The summed E-state index contributed by atoms with van der Waals surface area (Å²) in [7, 11) is 1.68. The number of methoxy groups -OCH3 is 1. The van der Waals surface area contributed by atoms with E-state index in [2.05, 4.69) is 50.1 Å². The van der Waals surface area contributed by atoms with E-state index in [4.69, 9.17) is 9.26 Å². The van der Waals surface area contributed by atoms with Crippen LogP contribution in [0.4, 0.5) is 0 Å². The second-order valence-electron chi connectivity index (χ2n) is 6.09. The normalized spacial score (nSPS) is 15.5. The molecule has 1 aromatic heterocycles. The fourth-order valence-corrected chi connectivity index (χ4v) is 2.03. The monoisotopic (exact) mass is 269 g/mol. The van der Waals surface area contributed by atoms with Crippen LogP contribution in [-0.4, -0.2) is 29.8 Å². The van der Waals surface area contributed by atoms with Gasteiger partial charge < -0.3 is 14.6 Å². The lowest BCUT2D eigenvalue weighted by atomic mass is 9.88. The molecule has 0 radical (unpaired) electrons. The minimum Gasteiger partial charge on any atom is -0.373 e. The van der Waals surface area contributed by atoms with Crippen molar-refractivity contribution in [2.75, 3.05) is 13.7 Å². The van der Waals surface area contributed by atoms with Gasteiger partial charge >= 0.3 is 0 Å². The Balaban J connectivity index is 2.66. The van der Waals surface area contributed by atoms with Gasteiger partial charge in [-0.05, 0) is 25.3 Å². The van der Waals surface area contributed by atoms with Gasteiger partial charge in [0.1, 0.15) is 6.10 Å². The van der Waals surface area contributed by atoms with Crippen LogP contribution in [0.5, 0.6) is 0 Å². The van der Waals surface area contributed by atoms with Crippen molar-refractivity contribution < 1.29 is 9.26 Å². The highest BCUT2D eigenvalue weighted by Gasteiger charge is 2.30. The zero-order chi connectivity index (χ0) is 14.5. The van der Waals surface area contributed by atoms with Crippen molar-refractivity contribution in [3.05, 3.63) is 11.7 Å². The summed E-state index contributed by atoms with van der Waals surface area (Å²) in [5.41, 5.74) is -0.0536. The van der Waals surface area contributed by atoms with Crippen molar-refractivity contribution in [1.82, 2.24) is 15.5 Å². The van der Waals surface area contributed by atoms with E-state index in [-0.39, 0.29) is 11.5 Å². The van der Waals surface area contributed by atoms with Crippen LogP contribution >= 0.6 is 0 Å². The number of hydrogen-bond donors (Lipinski definition) is 1.